The summed E-state index contributed by atoms with van der Waals surface area (Å²) in [6, 6.07) is 10.5. The molecule has 1 saturated heterocycles. The van der Waals surface area contributed by atoms with Gasteiger partial charge in [-0.3, -0.25) is 14.5 Å². The van der Waals surface area contributed by atoms with E-state index in [1.54, 1.807) is 0 Å². The maximum atomic E-state index is 11.9. The number of para-hydroxylation sites is 1. The monoisotopic (exact) mass is 351 g/mol. The maximum Gasteiger partial charge on any atom is 0.322 e. The van der Waals surface area contributed by atoms with Crippen LogP contribution in [0.5, 0.6) is 0 Å². The van der Waals surface area contributed by atoms with Gasteiger partial charge in [0.1, 0.15) is 6.54 Å². The summed E-state index contributed by atoms with van der Waals surface area (Å²) in [4.78, 5) is 28.1. The first-order valence-electron chi connectivity index (χ1n) is 7.93. The number of nitrogens with one attached hydrogen (secondary N) is 2. The van der Waals surface area contributed by atoms with Crippen LogP contribution in [-0.4, -0.2) is 46.5 Å². The van der Waals surface area contributed by atoms with Crippen molar-refractivity contribution in [2.24, 2.45) is 0 Å². The Morgan fingerprint density at radius 3 is 2.83 bits per heavy atom. The summed E-state index contributed by atoms with van der Waals surface area (Å²) in [6.45, 7) is 0.748. The van der Waals surface area contributed by atoms with Crippen LogP contribution in [0.25, 0.3) is 10.9 Å². The zero-order chi connectivity index (χ0) is 16.2. The van der Waals surface area contributed by atoms with Crippen LogP contribution in [0.15, 0.2) is 30.3 Å². The second-order valence-corrected chi connectivity index (χ2v) is 5.96. The van der Waals surface area contributed by atoms with E-state index >= 15 is 0 Å². The summed E-state index contributed by atoms with van der Waals surface area (Å²) in [7, 11) is 0. The van der Waals surface area contributed by atoms with Gasteiger partial charge in [-0.15, -0.1) is 12.4 Å². The molecule has 1 unspecified atom stereocenters. The third-order valence-electron chi connectivity index (χ3n) is 4.31. The molecule has 1 aromatic heterocycles. The SMILES string of the molecule is Cl.O=C(O)CNC(=O)CN1CCCCC1c1cc2ccccc2[nH]1. The Morgan fingerprint density at radius 1 is 1.29 bits per heavy atom. The van der Waals surface area contributed by atoms with Crippen LogP contribution >= 0.6 is 12.4 Å². The molecule has 0 radical (unpaired) electrons. The average Bonchev–Trinajstić information content (AvgIpc) is 2.97. The lowest BCUT2D eigenvalue weighted by atomic mass is 9.99. The number of carbonyl (C=O) groups is 2. The van der Waals surface area contributed by atoms with Crippen molar-refractivity contribution >= 4 is 35.2 Å². The predicted molar refractivity (Wildman–Crippen MR) is 94.4 cm³/mol. The number of aromatic amines is 1. The van der Waals surface area contributed by atoms with Crippen LogP contribution in [0.4, 0.5) is 0 Å². The number of carbonyl (C=O) groups excluding carboxylic acids is 1. The zero-order valence-electron chi connectivity index (χ0n) is 13.3. The third kappa shape index (κ3) is 4.27. The first-order valence-corrected chi connectivity index (χ1v) is 7.93. The first kappa shape index (κ1) is 18.3. The largest absolute Gasteiger partial charge is 0.480 e. The van der Waals surface area contributed by atoms with Gasteiger partial charge in [-0.25, -0.2) is 0 Å². The molecule has 1 atom stereocenters. The number of hydrogen-bond donors (Lipinski definition) is 3. The fraction of sp³-hybridized carbons (Fsp3) is 0.412. The van der Waals surface area contributed by atoms with E-state index in [4.69, 9.17) is 5.11 Å². The quantitative estimate of drug-likeness (QED) is 0.771. The number of carboxylic acid groups (broad SMARTS) is 1. The first-order chi connectivity index (χ1) is 11.1. The number of benzene rings is 1. The molecule has 24 heavy (non-hydrogen) atoms. The second kappa shape index (κ2) is 8.17. The summed E-state index contributed by atoms with van der Waals surface area (Å²) >= 11 is 0. The number of rotatable bonds is 5. The molecular weight excluding hydrogens is 330 g/mol. The summed E-state index contributed by atoms with van der Waals surface area (Å²) < 4.78 is 0. The van der Waals surface area contributed by atoms with Crippen LogP contribution < -0.4 is 5.32 Å². The molecule has 0 spiro atoms. The minimum atomic E-state index is -1.02. The van der Waals surface area contributed by atoms with Gasteiger partial charge in [0.05, 0.1) is 12.6 Å². The van der Waals surface area contributed by atoms with Gasteiger partial charge in [0.15, 0.2) is 0 Å². The molecule has 130 valence electrons. The van der Waals surface area contributed by atoms with Crippen LogP contribution in [0, 0.1) is 0 Å². The minimum absolute atomic E-state index is 0. The molecule has 1 fully saturated rings. The number of fused-ring (bicyclic) bond motifs is 1. The summed E-state index contributed by atoms with van der Waals surface area (Å²) in [5.41, 5.74) is 2.22. The summed E-state index contributed by atoms with van der Waals surface area (Å²) in [5.74, 6) is -1.26. The molecular formula is C17H22ClN3O3. The van der Waals surface area contributed by atoms with E-state index < -0.39 is 5.97 Å². The van der Waals surface area contributed by atoms with Gasteiger partial charge in [0, 0.05) is 11.2 Å². The van der Waals surface area contributed by atoms with Crippen molar-refractivity contribution in [1.29, 1.82) is 0 Å². The van der Waals surface area contributed by atoms with E-state index in [9.17, 15) is 9.59 Å². The van der Waals surface area contributed by atoms with Crippen molar-refractivity contribution in [3.8, 4) is 0 Å². The number of carboxylic acids is 1. The molecule has 1 aromatic carbocycles. The van der Waals surface area contributed by atoms with Gasteiger partial charge < -0.3 is 15.4 Å². The number of H-pyrrole nitrogens is 1. The highest BCUT2D eigenvalue weighted by molar-refractivity contribution is 5.85. The topological polar surface area (TPSA) is 85.4 Å². The van der Waals surface area contributed by atoms with Gasteiger partial charge in [0.2, 0.25) is 5.91 Å². The molecule has 3 N–H and O–H groups in total. The second-order valence-electron chi connectivity index (χ2n) is 5.96. The van der Waals surface area contributed by atoms with Crippen molar-refractivity contribution in [1.82, 2.24) is 15.2 Å². The van der Waals surface area contributed by atoms with E-state index in [0.29, 0.717) is 0 Å². The highest BCUT2D eigenvalue weighted by Gasteiger charge is 2.26. The number of likely N-dealkylation sites (tertiary alicyclic amines) is 1. The molecule has 7 heteroatoms. The molecule has 0 saturated carbocycles. The Morgan fingerprint density at radius 2 is 2.08 bits per heavy atom. The van der Waals surface area contributed by atoms with Crippen LogP contribution in [0.2, 0.25) is 0 Å². The fourth-order valence-electron chi connectivity index (χ4n) is 3.22. The normalized spacial score (nSPS) is 18.1. The van der Waals surface area contributed by atoms with Crippen molar-refractivity contribution in [3.63, 3.8) is 0 Å². The van der Waals surface area contributed by atoms with Crippen LogP contribution in [0.3, 0.4) is 0 Å². The van der Waals surface area contributed by atoms with E-state index in [1.165, 1.54) is 5.39 Å². The van der Waals surface area contributed by atoms with Gasteiger partial charge in [0.25, 0.3) is 0 Å². The van der Waals surface area contributed by atoms with Crippen molar-refractivity contribution < 1.29 is 14.7 Å². The lowest BCUT2D eigenvalue weighted by Crippen LogP contribution is -2.42. The third-order valence-corrected chi connectivity index (χ3v) is 4.31. The summed E-state index contributed by atoms with van der Waals surface area (Å²) in [5, 5.41) is 12.3. The minimum Gasteiger partial charge on any atom is -0.480 e. The van der Waals surface area contributed by atoms with Crippen molar-refractivity contribution in [2.75, 3.05) is 19.6 Å². The molecule has 0 bridgehead atoms. The standard InChI is InChI=1S/C17H21N3O3.ClH/c21-16(18-10-17(22)23)11-20-8-4-3-7-15(20)14-9-12-5-1-2-6-13(12)19-14;/h1-2,5-6,9,15,19H,3-4,7-8,10-11H2,(H,18,21)(H,22,23);1H. The maximum absolute atomic E-state index is 11.9. The highest BCUT2D eigenvalue weighted by atomic mass is 35.5. The molecule has 1 aliphatic heterocycles. The van der Waals surface area contributed by atoms with Gasteiger partial charge in [-0.1, -0.05) is 24.6 Å². The van der Waals surface area contributed by atoms with Gasteiger partial charge in [-0.2, -0.15) is 0 Å². The Labute approximate surface area is 146 Å². The number of nitrogens with zero attached hydrogens (tertiary/aromatic N) is 1. The Bertz CT molecular complexity index is 683. The Balaban J connectivity index is 0.00000208. The van der Waals surface area contributed by atoms with Crippen molar-refractivity contribution in [2.45, 2.75) is 25.3 Å². The molecule has 6 nitrogen and oxygen atoms in total. The molecule has 2 heterocycles. The van der Waals surface area contributed by atoms with Gasteiger partial charge >= 0.3 is 5.97 Å². The van der Waals surface area contributed by atoms with E-state index in [1.807, 2.05) is 18.2 Å². The molecule has 3 rings (SSSR count). The average molecular weight is 352 g/mol. The molecule has 0 aliphatic carbocycles. The number of aromatic nitrogens is 1. The summed E-state index contributed by atoms with van der Waals surface area (Å²) in [6.07, 6.45) is 3.19. The molecule has 2 aromatic rings. The van der Waals surface area contributed by atoms with E-state index in [2.05, 4.69) is 27.3 Å². The Kier molecular flexibility index (Phi) is 6.23. The van der Waals surface area contributed by atoms with E-state index in [0.717, 1.165) is 37.0 Å². The zero-order valence-corrected chi connectivity index (χ0v) is 14.1. The van der Waals surface area contributed by atoms with Crippen LogP contribution in [0.1, 0.15) is 31.0 Å². The molecule has 1 amide bonds. The Hall–Kier alpha value is -2.05. The van der Waals surface area contributed by atoms with Crippen LogP contribution in [-0.2, 0) is 9.59 Å². The highest BCUT2D eigenvalue weighted by Crippen LogP contribution is 2.31. The smallest absolute Gasteiger partial charge is 0.322 e. The van der Waals surface area contributed by atoms with Crippen molar-refractivity contribution in [3.05, 3.63) is 36.0 Å². The number of hydrogen-bond acceptors (Lipinski definition) is 3. The fourth-order valence-corrected chi connectivity index (χ4v) is 3.22. The molecule has 1 aliphatic rings. The lowest BCUT2D eigenvalue weighted by Gasteiger charge is -2.34. The number of aliphatic carboxylic acids is 1. The number of halogens is 1. The van der Waals surface area contributed by atoms with E-state index in [-0.39, 0.29) is 37.4 Å². The van der Waals surface area contributed by atoms with Gasteiger partial charge in [-0.05, 0) is 36.9 Å². The lowest BCUT2D eigenvalue weighted by molar-refractivity contribution is -0.138. The number of piperidine rings is 1. The predicted octanol–water partition coefficient (Wildman–Crippen LogP) is 2.32. The number of amides is 1.